The van der Waals surface area contributed by atoms with Gasteiger partial charge in [0.05, 0.1) is 18.4 Å². The maximum atomic E-state index is 12.2. The van der Waals surface area contributed by atoms with Crippen LogP contribution in [0.4, 0.5) is 0 Å². The van der Waals surface area contributed by atoms with Gasteiger partial charge in [-0.2, -0.15) is 0 Å². The number of hydrogen-bond donors (Lipinski definition) is 1. The van der Waals surface area contributed by atoms with Crippen LogP contribution in [0.2, 0.25) is 0 Å². The molecule has 1 heterocycles. The summed E-state index contributed by atoms with van der Waals surface area (Å²) in [6.07, 6.45) is -1.83. The number of rotatable bonds is 8. The van der Waals surface area contributed by atoms with E-state index >= 15 is 0 Å². The molecule has 1 aliphatic heterocycles. The van der Waals surface area contributed by atoms with E-state index in [0.29, 0.717) is 6.61 Å². The molecule has 1 saturated heterocycles. The molecule has 21 heavy (non-hydrogen) atoms. The first-order valence-corrected chi connectivity index (χ1v) is 8.98. The van der Waals surface area contributed by atoms with Crippen molar-refractivity contribution in [2.75, 3.05) is 13.2 Å². The summed E-state index contributed by atoms with van der Waals surface area (Å²) in [4.78, 5) is 9.96. The van der Waals surface area contributed by atoms with Gasteiger partial charge in [-0.15, -0.1) is 0 Å². The molecule has 2 radical (unpaired) electrons. The molecule has 0 aromatic rings. The van der Waals surface area contributed by atoms with E-state index in [1.165, 1.54) is 0 Å². The van der Waals surface area contributed by atoms with E-state index in [-0.39, 0.29) is 12.7 Å². The van der Waals surface area contributed by atoms with Gasteiger partial charge in [-0.3, -0.25) is 9.09 Å². The lowest BCUT2D eigenvalue weighted by Gasteiger charge is -2.27. The monoisotopic (exact) mass is 320 g/mol. The standard InChI is InChI=1S/C13H26BO6P/c1-6-17-12-11(20-21(15,16)9(4)5)10(19-13(12)14)7-18-8(2)3/h8-13H,6-7H2,1-5H3,(H,15,16)/t10-,11?,12+,13-/m1/s1. The first-order valence-electron chi connectivity index (χ1n) is 7.34. The van der Waals surface area contributed by atoms with Crippen molar-refractivity contribution >= 4 is 15.4 Å². The van der Waals surface area contributed by atoms with Gasteiger partial charge in [-0.25, -0.2) is 0 Å². The average molecular weight is 320 g/mol. The molecule has 6 nitrogen and oxygen atoms in total. The van der Waals surface area contributed by atoms with E-state index in [1.807, 2.05) is 20.8 Å². The highest BCUT2D eigenvalue weighted by molar-refractivity contribution is 7.53. The zero-order chi connectivity index (χ0) is 16.2. The van der Waals surface area contributed by atoms with Crippen molar-refractivity contribution in [2.45, 2.75) is 70.7 Å². The van der Waals surface area contributed by atoms with Crippen molar-refractivity contribution in [3.05, 3.63) is 0 Å². The minimum atomic E-state index is -3.76. The Morgan fingerprint density at radius 1 is 1.29 bits per heavy atom. The summed E-state index contributed by atoms with van der Waals surface area (Å²) in [5.41, 5.74) is -0.511. The largest absolute Gasteiger partial charge is 0.377 e. The summed E-state index contributed by atoms with van der Waals surface area (Å²) >= 11 is 0. The average Bonchev–Trinajstić information content (AvgIpc) is 2.64. The second kappa shape index (κ2) is 8.09. The Kier molecular flexibility index (Phi) is 7.37. The first kappa shape index (κ1) is 19.1. The topological polar surface area (TPSA) is 74.2 Å². The minimum absolute atomic E-state index is 0.0163. The molecule has 5 atom stereocenters. The molecule has 1 fully saturated rings. The third-order valence-corrected chi connectivity index (χ3v) is 5.07. The Labute approximate surface area is 128 Å². The predicted octanol–water partition coefficient (Wildman–Crippen LogP) is 1.69. The van der Waals surface area contributed by atoms with Crippen LogP contribution in [0.25, 0.3) is 0 Å². The fourth-order valence-electron chi connectivity index (χ4n) is 1.98. The summed E-state index contributed by atoms with van der Waals surface area (Å²) in [7, 11) is 2.14. The van der Waals surface area contributed by atoms with Crippen LogP contribution in [-0.4, -0.2) is 62.0 Å². The van der Waals surface area contributed by atoms with Crippen LogP contribution in [0.5, 0.6) is 0 Å². The van der Waals surface area contributed by atoms with Gasteiger partial charge in [0.1, 0.15) is 26.2 Å². The van der Waals surface area contributed by atoms with Gasteiger partial charge in [0, 0.05) is 12.6 Å². The van der Waals surface area contributed by atoms with E-state index in [1.54, 1.807) is 13.8 Å². The Morgan fingerprint density at radius 2 is 1.90 bits per heavy atom. The van der Waals surface area contributed by atoms with E-state index in [2.05, 4.69) is 0 Å². The Hall–Kier alpha value is 0.0949. The molecular weight excluding hydrogens is 294 g/mol. The van der Waals surface area contributed by atoms with Gasteiger partial charge < -0.3 is 19.1 Å². The molecule has 1 aliphatic rings. The summed E-state index contributed by atoms with van der Waals surface area (Å²) < 4.78 is 34.2. The summed E-state index contributed by atoms with van der Waals surface area (Å²) in [6, 6.07) is -0.706. The molecule has 2 unspecified atom stereocenters. The summed E-state index contributed by atoms with van der Waals surface area (Å²) in [5, 5.41) is 0. The molecule has 0 amide bonds. The molecule has 1 rings (SSSR count). The molecule has 0 saturated carbocycles. The Bertz CT molecular complexity index is 365. The lowest BCUT2D eigenvalue weighted by molar-refractivity contribution is -0.0469. The number of ether oxygens (including phenoxy) is 3. The molecular formula is C13H26BO6P. The predicted molar refractivity (Wildman–Crippen MR) is 80.8 cm³/mol. The van der Waals surface area contributed by atoms with Crippen molar-refractivity contribution in [2.24, 2.45) is 0 Å². The third-order valence-electron chi connectivity index (χ3n) is 3.22. The quantitative estimate of drug-likeness (QED) is 0.542. The zero-order valence-corrected chi connectivity index (χ0v) is 14.3. The van der Waals surface area contributed by atoms with Gasteiger partial charge in [0.15, 0.2) is 0 Å². The van der Waals surface area contributed by atoms with E-state index < -0.39 is 37.6 Å². The van der Waals surface area contributed by atoms with Gasteiger partial charge >= 0.3 is 7.60 Å². The smallest absolute Gasteiger partial charge is 0.331 e. The second-order valence-corrected chi connectivity index (χ2v) is 8.04. The summed E-state index contributed by atoms with van der Waals surface area (Å²) in [5.74, 6) is 0. The van der Waals surface area contributed by atoms with Crippen molar-refractivity contribution in [3.8, 4) is 0 Å². The van der Waals surface area contributed by atoms with Crippen LogP contribution in [0, 0.1) is 0 Å². The highest BCUT2D eigenvalue weighted by atomic mass is 31.2. The maximum absolute atomic E-state index is 12.2. The van der Waals surface area contributed by atoms with Crippen LogP contribution < -0.4 is 0 Å². The van der Waals surface area contributed by atoms with Crippen molar-refractivity contribution in [1.29, 1.82) is 0 Å². The molecule has 0 aromatic carbocycles. The zero-order valence-electron chi connectivity index (χ0n) is 13.4. The highest BCUT2D eigenvalue weighted by Crippen LogP contribution is 2.50. The molecule has 0 aromatic heterocycles. The van der Waals surface area contributed by atoms with Crippen LogP contribution in [0.1, 0.15) is 34.6 Å². The molecule has 8 heteroatoms. The van der Waals surface area contributed by atoms with Crippen LogP contribution >= 0.6 is 7.60 Å². The Morgan fingerprint density at radius 3 is 2.38 bits per heavy atom. The normalized spacial score (nSPS) is 32.8. The van der Waals surface area contributed by atoms with Crippen LogP contribution in [-0.2, 0) is 23.3 Å². The van der Waals surface area contributed by atoms with Gasteiger partial charge in [-0.1, -0.05) is 13.8 Å². The molecule has 0 aliphatic carbocycles. The molecule has 122 valence electrons. The third kappa shape index (κ3) is 5.34. The lowest BCUT2D eigenvalue weighted by atomic mass is 9.93. The summed E-state index contributed by atoms with van der Waals surface area (Å²) in [6.45, 7) is 9.53. The van der Waals surface area contributed by atoms with Crippen molar-refractivity contribution in [3.63, 3.8) is 0 Å². The van der Waals surface area contributed by atoms with Crippen LogP contribution in [0.15, 0.2) is 0 Å². The van der Waals surface area contributed by atoms with E-state index in [9.17, 15) is 9.46 Å². The molecule has 0 bridgehead atoms. The fourth-order valence-corrected chi connectivity index (χ4v) is 2.83. The maximum Gasteiger partial charge on any atom is 0.331 e. The Balaban J connectivity index is 2.84. The van der Waals surface area contributed by atoms with Crippen LogP contribution in [0.3, 0.4) is 0 Å². The molecule has 1 N–H and O–H groups in total. The second-order valence-electron chi connectivity index (χ2n) is 5.67. The first-order chi connectivity index (χ1) is 9.69. The van der Waals surface area contributed by atoms with Gasteiger partial charge in [0.25, 0.3) is 0 Å². The van der Waals surface area contributed by atoms with Crippen molar-refractivity contribution in [1.82, 2.24) is 0 Å². The van der Waals surface area contributed by atoms with Gasteiger partial charge in [0.2, 0.25) is 0 Å². The van der Waals surface area contributed by atoms with Crippen molar-refractivity contribution < 1.29 is 28.2 Å². The SMILES string of the molecule is [B][C@@H]1O[C@H](COC(C)C)C(OP(=O)(O)C(C)C)[C@@H]1OCC. The van der Waals surface area contributed by atoms with E-state index in [0.717, 1.165) is 0 Å². The number of hydrogen-bond acceptors (Lipinski definition) is 5. The highest BCUT2D eigenvalue weighted by Gasteiger charge is 2.47. The van der Waals surface area contributed by atoms with E-state index in [4.69, 9.17) is 26.6 Å². The minimum Gasteiger partial charge on any atom is -0.377 e. The fraction of sp³-hybridized carbons (Fsp3) is 1.00. The van der Waals surface area contributed by atoms with Gasteiger partial charge in [-0.05, 0) is 20.8 Å². The molecule has 0 spiro atoms. The lowest BCUT2D eigenvalue weighted by Crippen LogP contribution is -2.39.